The van der Waals surface area contributed by atoms with Gasteiger partial charge in [-0.2, -0.15) is 5.10 Å². The number of hydrogen-bond acceptors (Lipinski definition) is 7. The minimum atomic E-state index is -0.538. The van der Waals surface area contributed by atoms with Crippen LogP contribution < -0.4 is 10.3 Å². The summed E-state index contributed by atoms with van der Waals surface area (Å²) in [6.07, 6.45) is 5.11. The molecule has 0 aliphatic heterocycles. The number of anilines is 1. The Balaban J connectivity index is 1.63. The number of nitrogens with zero attached hydrogens (tertiary/aromatic N) is 3. The van der Waals surface area contributed by atoms with Gasteiger partial charge in [-0.05, 0) is 44.0 Å². The summed E-state index contributed by atoms with van der Waals surface area (Å²) >= 11 is 0. The zero-order valence-electron chi connectivity index (χ0n) is 19.1. The first-order valence-corrected chi connectivity index (χ1v) is 10.8. The molecule has 2 heterocycles. The summed E-state index contributed by atoms with van der Waals surface area (Å²) in [7, 11) is 2.87. The highest BCUT2D eigenvalue weighted by atomic mass is 16.5. The van der Waals surface area contributed by atoms with Crippen LogP contribution in [0.1, 0.15) is 61.0 Å². The predicted molar refractivity (Wildman–Crippen MR) is 125 cm³/mol. The molecule has 1 aromatic carbocycles. The number of furan rings is 1. The molecule has 2 aromatic heterocycles. The predicted octanol–water partition coefficient (Wildman–Crippen LogP) is 3.52. The number of rotatable bonds is 5. The lowest BCUT2D eigenvalue weighted by molar-refractivity contribution is 0.0601. The largest absolute Gasteiger partial charge is 0.465 e. The lowest BCUT2D eigenvalue weighted by Gasteiger charge is -2.19. The molecule has 2 amide bonds. The van der Waals surface area contributed by atoms with Gasteiger partial charge in [0.05, 0.1) is 29.6 Å². The number of carbonyl (C=O) groups is 3. The van der Waals surface area contributed by atoms with Gasteiger partial charge in [0.2, 0.25) is 0 Å². The quantitative estimate of drug-likeness (QED) is 0.460. The van der Waals surface area contributed by atoms with E-state index in [0.29, 0.717) is 41.1 Å². The van der Waals surface area contributed by atoms with Gasteiger partial charge in [0.15, 0.2) is 5.76 Å². The Morgan fingerprint density at radius 1 is 1.15 bits per heavy atom. The topological polar surface area (TPSA) is 114 Å². The molecular formula is C25H24N4O5. The van der Waals surface area contributed by atoms with Crippen LogP contribution in [0.5, 0.6) is 0 Å². The molecule has 0 atom stereocenters. The molecular weight excluding hydrogens is 436 g/mol. The van der Waals surface area contributed by atoms with Crippen molar-refractivity contribution in [1.82, 2.24) is 10.4 Å². The molecule has 0 bridgehead atoms. The molecule has 0 saturated carbocycles. The number of methoxy groups -OCH3 is 1. The number of carbonyl (C=O) groups excluding carboxylic acids is 3. The number of para-hydroxylation sites is 1. The van der Waals surface area contributed by atoms with E-state index in [1.807, 2.05) is 0 Å². The van der Waals surface area contributed by atoms with Crippen molar-refractivity contribution < 1.29 is 23.5 Å². The van der Waals surface area contributed by atoms with Gasteiger partial charge >= 0.3 is 5.97 Å². The highest BCUT2D eigenvalue weighted by Crippen LogP contribution is 2.31. The number of pyridine rings is 1. The third kappa shape index (κ3) is 4.32. The van der Waals surface area contributed by atoms with E-state index in [-0.39, 0.29) is 17.2 Å². The van der Waals surface area contributed by atoms with Crippen molar-refractivity contribution >= 4 is 29.2 Å². The van der Waals surface area contributed by atoms with Crippen LogP contribution in [-0.4, -0.2) is 42.6 Å². The number of hydrazone groups is 1. The van der Waals surface area contributed by atoms with Gasteiger partial charge in [-0.15, -0.1) is 0 Å². The van der Waals surface area contributed by atoms with Gasteiger partial charge < -0.3 is 14.1 Å². The van der Waals surface area contributed by atoms with Gasteiger partial charge in [0, 0.05) is 37.0 Å². The maximum absolute atomic E-state index is 13.4. The van der Waals surface area contributed by atoms with Gasteiger partial charge in [0.1, 0.15) is 5.76 Å². The summed E-state index contributed by atoms with van der Waals surface area (Å²) in [5.74, 6) is -0.493. The zero-order valence-corrected chi connectivity index (χ0v) is 19.1. The van der Waals surface area contributed by atoms with Gasteiger partial charge in [-0.1, -0.05) is 12.1 Å². The van der Waals surface area contributed by atoms with E-state index >= 15 is 0 Å². The summed E-state index contributed by atoms with van der Waals surface area (Å²) in [5.41, 5.74) is 5.67. The Hall–Kier alpha value is -4.27. The van der Waals surface area contributed by atoms with Crippen LogP contribution in [0.2, 0.25) is 0 Å². The van der Waals surface area contributed by atoms with Crippen molar-refractivity contribution in [2.45, 2.75) is 26.2 Å². The molecule has 3 aromatic rings. The molecule has 174 valence electrons. The highest BCUT2D eigenvalue weighted by Gasteiger charge is 2.30. The van der Waals surface area contributed by atoms with E-state index in [1.165, 1.54) is 18.2 Å². The van der Waals surface area contributed by atoms with Gasteiger partial charge in [-0.3, -0.25) is 14.6 Å². The Labute approximate surface area is 196 Å². The monoisotopic (exact) mass is 460 g/mol. The van der Waals surface area contributed by atoms with E-state index < -0.39 is 11.9 Å². The molecule has 9 heteroatoms. The number of aryl methyl sites for hydroxylation is 1. The number of aromatic nitrogens is 1. The number of esters is 1. The molecule has 0 unspecified atom stereocenters. The lowest BCUT2D eigenvalue weighted by Crippen LogP contribution is -2.28. The number of amides is 2. The average Bonchev–Trinajstić information content (AvgIpc) is 3.23. The number of benzene rings is 1. The van der Waals surface area contributed by atoms with E-state index in [1.54, 1.807) is 56.6 Å². The Morgan fingerprint density at radius 3 is 2.68 bits per heavy atom. The summed E-state index contributed by atoms with van der Waals surface area (Å²) in [5, 5.41) is 4.33. The van der Waals surface area contributed by atoms with Crippen LogP contribution in [0.4, 0.5) is 5.69 Å². The minimum Gasteiger partial charge on any atom is -0.465 e. The van der Waals surface area contributed by atoms with Crippen molar-refractivity contribution in [2.75, 3.05) is 19.1 Å². The van der Waals surface area contributed by atoms with Crippen molar-refractivity contribution in [2.24, 2.45) is 5.10 Å². The zero-order chi connectivity index (χ0) is 24.2. The molecule has 1 aliphatic carbocycles. The number of ether oxygens (including phenoxy) is 1. The Kier molecular flexibility index (Phi) is 6.53. The molecule has 9 nitrogen and oxygen atoms in total. The highest BCUT2D eigenvalue weighted by molar-refractivity contribution is 6.12. The van der Waals surface area contributed by atoms with Crippen LogP contribution in [0.15, 0.2) is 58.3 Å². The normalized spacial score (nSPS) is 13.8. The maximum atomic E-state index is 13.4. The van der Waals surface area contributed by atoms with Gasteiger partial charge in [0.25, 0.3) is 11.8 Å². The van der Waals surface area contributed by atoms with Crippen LogP contribution >= 0.6 is 0 Å². The number of fused-ring (bicyclic) bond motifs is 1. The van der Waals surface area contributed by atoms with Crippen molar-refractivity contribution in [3.8, 4) is 0 Å². The Morgan fingerprint density at radius 2 is 1.94 bits per heavy atom. The number of hydrogen-bond donors (Lipinski definition) is 1. The van der Waals surface area contributed by atoms with E-state index in [9.17, 15) is 14.4 Å². The first-order valence-electron chi connectivity index (χ1n) is 10.8. The SMILES string of the molecule is COC(=O)c1ccccc1N(C)C(=O)c1oc2c(c1C)/C(=N/NC(=O)c1cccnc1)CCC2. The molecule has 0 saturated heterocycles. The van der Waals surface area contributed by atoms with Crippen molar-refractivity contribution in [3.63, 3.8) is 0 Å². The summed E-state index contributed by atoms with van der Waals surface area (Å²) in [6.45, 7) is 1.79. The third-order valence-electron chi connectivity index (χ3n) is 5.71. The van der Waals surface area contributed by atoms with Crippen molar-refractivity contribution in [1.29, 1.82) is 0 Å². The summed E-state index contributed by atoms with van der Waals surface area (Å²) in [6, 6.07) is 10.0. The minimum absolute atomic E-state index is 0.167. The fourth-order valence-electron chi connectivity index (χ4n) is 3.97. The van der Waals surface area contributed by atoms with Crippen LogP contribution in [0.3, 0.4) is 0 Å². The molecule has 0 radical (unpaired) electrons. The fraction of sp³-hybridized carbons (Fsp3) is 0.240. The smallest absolute Gasteiger partial charge is 0.339 e. The molecule has 1 aliphatic rings. The molecule has 0 fully saturated rings. The second-order valence-electron chi connectivity index (χ2n) is 7.82. The second-order valence-corrected chi connectivity index (χ2v) is 7.82. The van der Waals surface area contributed by atoms with Crippen LogP contribution in [-0.2, 0) is 11.2 Å². The second kappa shape index (κ2) is 9.70. The first kappa shape index (κ1) is 22.9. The summed E-state index contributed by atoms with van der Waals surface area (Å²) in [4.78, 5) is 43.2. The van der Waals surface area contributed by atoms with Crippen molar-refractivity contribution in [3.05, 3.63) is 82.6 Å². The van der Waals surface area contributed by atoms with Crippen LogP contribution in [0.25, 0.3) is 0 Å². The van der Waals surface area contributed by atoms with E-state index in [4.69, 9.17) is 9.15 Å². The third-order valence-corrected chi connectivity index (χ3v) is 5.71. The van der Waals surface area contributed by atoms with E-state index in [2.05, 4.69) is 15.5 Å². The molecule has 4 rings (SSSR count). The maximum Gasteiger partial charge on any atom is 0.339 e. The molecule has 34 heavy (non-hydrogen) atoms. The fourth-order valence-corrected chi connectivity index (χ4v) is 3.97. The first-order chi connectivity index (χ1) is 16.4. The lowest BCUT2D eigenvalue weighted by atomic mass is 9.93. The molecule has 1 N–H and O–H groups in total. The average molecular weight is 460 g/mol. The summed E-state index contributed by atoms with van der Waals surface area (Å²) < 4.78 is 10.8. The number of nitrogens with one attached hydrogen (secondary N) is 1. The van der Waals surface area contributed by atoms with Crippen LogP contribution in [0, 0.1) is 6.92 Å². The standard InChI is InChI=1S/C25H24N4O5/c1-15-21-18(27-28-23(30)16-8-7-13-26-14-16)10-6-12-20(21)34-22(15)24(31)29(2)19-11-5-4-9-17(19)25(32)33-3/h4-5,7-9,11,13-14H,6,10,12H2,1-3H3,(H,28,30)/b27-18+. The van der Waals surface area contributed by atoms with Gasteiger partial charge in [-0.25, -0.2) is 10.2 Å². The molecule has 0 spiro atoms. The van der Waals surface area contributed by atoms with E-state index in [0.717, 1.165) is 12.0 Å². The Bertz CT molecular complexity index is 1280.